The predicted molar refractivity (Wildman–Crippen MR) is 105 cm³/mol. The lowest BCUT2D eigenvalue weighted by Gasteiger charge is -2.47. The standard InChI is InChI=1S/C20H30N4O4/c1-20(2,3)24(19(26)27)16-10-14-7-8-15(11-16)23(14)17-9-6-13(12-21-17)18(25)22(4)28-5/h6,9,12,14-16H,7-8,10-11H2,1-5H3,(H,26,27)/t14-,15+,16?. The van der Waals surface area contributed by atoms with E-state index in [-0.39, 0.29) is 24.0 Å². The Morgan fingerprint density at radius 2 is 1.82 bits per heavy atom. The number of hydrogen-bond acceptors (Lipinski definition) is 5. The minimum absolute atomic E-state index is 0.0162. The molecule has 2 aliphatic rings. The average molecular weight is 390 g/mol. The van der Waals surface area contributed by atoms with Crippen molar-refractivity contribution in [3.8, 4) is 0 Å². The van der Waals surface area contributed by atoms with E-state index in [1.165, 1.54) is 12.2 Å². The normalized spacial score (nSPS) is 24.2. The molecular weight excluding hydrogens is 360 g/mol. The molecule has 1 unspecified atom stereocenters. The van der Waals surface area contributed by atoms with Crippen molar-refractivity contribution in [2.45, 2.75) is 70.1 Å². The van der Waals surface area contributed by atoms with E-state index in [1.54, 1.807) is 24.2 Å². The zero-order chi connectivity index (χ0) is 20.6. The Bertz CT molecular complexity index is 717. The van der Waals surface area contributed by atoms with Crippen LogP contribution >= 0.6 is 0 Å². The highest BCUT2D eigenvalue weighted by molar-refractivity contribution is 5.93. The van der Waals surface area contributed by atoms with Crippen molar-refractivity contribution in [3.63, 3.8) is 0 Å². The number of fused-ring (bicyclic) bond motifs is 2. The quantitative estimate of drug-likeness (QED) is 0.796. The number of pyridine rings is 1. The summed E-state index contributed by atoms with van der Waals surface area (Å²) in [5.41, 5.74) is 0.0475. The summed E-state index contributed by atoms with van der Waals surface area (Å²) in [7, 11) is 3.00. The lowest BCUT2D eigenvalue weighted by Crippen LogP contribution is -2.57. The number of hydroxylamine groups is 2. The van der Waals surface area contributed by atoms with Gasteiger partial charge in [0.1, 0.15) is 5.82 Å². The fourth-order valence-electron chi connectivity index (χ4n) is 4.65. The maximum absolute atomic E-state index is 12.2. The van der Waals surface area contributed by atoms with E-state index >= 15 is 0 Å². The summed E-state index contributed by atoms with van der Waals surface area (Å²) in [6.07, 6.45) is 4.40. The van der Waals surface area contributed by atoms with Gasteiger partial charge in [-0.2, -0.15) is 0 Å². The molecule has 3 atom stereocenters. The Morgan fingerprint density at radius 3 is 2.25 bits per heavy atom. The fourth-order valence-corrected chi connectivity index (χ4v) is 4.65. The van der Waals surface area contributed by atoms with E-state index in [0.717, 1.165) is 31.5 Å². The van der Waals surface area contributed by atoms with E-state index in [2.05, 4.69) is 9.88 Å². The number of amides is 2. The van der Waals surface area contributed by atoms with Crippen LogP contribution in [0.5, 0.6) is 0 Å². The second-order valence-electron chi connectivity index (χ2n) is 8.63. The van der Waals surface area contributed by atoms with E-state index in [0.29, 0.717) is 5.56 Å². The van der Waals surface area contributed by atoms with Crippen LogP contribution in [0, 0.1) is 0 Å². The van der Waals surface area contributed by atoms with Crippen molar-refractivity contribution in [1.29, 1.82) is 0 Å². The van der Waals surface area contributed by atoms with Gasteiger partial charge in [0.2, 0.25) is 0 Å². The van der Waals surface area contributed by atoms with E-state index in [4.69, 9.17) is 4.84 Å². The molecule has 8 heteroatoms. The zero-order valence-corrected chi connectivity index (χ0v) is 17.3. The first kappa shape index (κ1) is 20.4. The first-order chi connectivity index (χ1) is 13.1. The van der Waals surface area contributed by atoms with Crippen molar-refractivity contribution in [3.05, 3.63) is 23.9 Å². The molecule has 0 radical (unpaired) electrons. The molecular formula is C20H30N4O4. The zero-order valence-electron chi connectivity index (χ0n) is 17.3. The van der Waals surface area contributed by atoms with Gasteiger partial charge in [0, 0.05) is 36.9 Å². The monoisotopic (exact) mass is 390 g/mol. The molecule has 2 bridgehead atoms. The molecule has 0 saturated carbocycles. The van der Waals surface area contributed by atoms with Crippen LogP contribution < -0.4 is 4.90 Å². The van der Waals surface area contributed by atoms with Crippen LogP contribution in [0.25, 0.3) is 0 Å². The minimum atomic E-state index is -0.853. The van der Waals surface area contributed by atoms with Crippen LogP contribution in [-0.2, 0) is 4.84 Å². The summed E-state index contributed by atoms with van der Waals surface area (Å²) < 4.78 is 0. The van der Waals surface area contributed by atoms with Gasteiger partial charge in [-0.3, -0.25) is 9.63 Å². The summed E-state index contributed by atoms with van der Waals surface area (Å²) in [6.45, 7) is 5.84. The third-order valence-corrected chi connectivity index (χ3v) is 5.82. The molecule has 0 aromatic carbocycles. The third kappa shape index (κ3) is 3.78. The SMILES string of the molecule is CON(C)C(=O)c1ccc(N2[C@@H]3CC[C@H]2CC(N(C(=O)O)C(C)(C)C)C3)nc1. The molecule has 2 amide bonds. The van der Waals surface area contributed by atoms with Crippen LogP contribution in [0.15, 0.2) is 18.3 Å². The van der Waals surface area contributed by atoms with Gasteiger partial charge in [-0.25, -0.2) is 14.8 Å². The van der Waals surface area contributed by atoms with Crippen LogP contribution in [0.1, 0.15) is 56.8 Å². The number of carbonyl (C=O) groups is 2. The highest BCUT2D eigenvalue weighted by atomic mass is 16.7. The summed E-state index contributed by atoms with van der Waals surface area (Å²) in [5, 5.41) is 10.9. The van der Waals surface area contributed by atoms with Crippen LogP contribution in [0.2, 0.25) is 0 Å². The van der Waals surface area contributed by atoms with Gasteiger partial charge < -0.3 is 14.9 Å². The number of piperidine rings is 1. The lowest BCUT2D eigenvalue weighted by atomic mass is 9.92. The first-order valence-corrected chi connectivity index (χ1v) is 9.72. The number of carbonyl (C=O) groups excluding carboxylic acids is 1. The van der Waals surface area contributed by atoms with Gasteiger partial charge in [-0.05, 0) is 58.6 Å². The highest BCUT2D eigenvalue weighted by Gasteiger charge is 2.46. The number of anilines is 1. The van der Waals surface area contributed by atoms with Crippen molar-refractivity contribution in [2.24, 2.45) is 0 Å². The van der Waals surface area contributed by atoms with Crippen molar-refractivity contribution < 1.29 is 19.5 Å². The lowest BCUT2D eigenvalue weighted by molar-refractivity contribution is -0.0757. The Labute approximate surface area is 166 Å². The Kier molecular flexibility index (Phi) is 5.52. The van der Waals surface area contributed by atoms with E-state index < -0.39 is 11.6 Å². The Balaban J connectivity index is 1.76. The Morgan fingerprint density at radius 1 is 1.21 bits per heavy atom. The van der Waals surface area contributed by atoms with Gasteiger partial charge >= 0.3 is 6.09 Å². The molecule has 0 spiro atoms. The maximum Gasteiger partial charge on any atom is 0.407 e. The van der Waals surface area contributed by atoms with Crippen molar-refractivity contribution >= 4 is 17.8 Å². The molecule has 3 heterocycles. The van der Waals surface area contributed by atoms with Gasteiger partial charge in [0.15, 0.2) is 0 Å². The van der Waals surface area contributed by atoms with Crippen LogP contribution in [0.4, 0.5) is 10.6 Å². The minimum Gasteiger partial charge on any atom is -0.465 e. The molecule has 3 rings (SSSR count). The maximum atomic E-state index is 12.2. The molecule has 2 aliphatic heterocycles. The second kappa shape index (κ2) is 7.58. The van der Waals surface area contributed by atoms with Gasteiger partial charge in [-0.1, -0.05) is 0 Å². The number of aromatic nitrogens is 1. The number of carboxylic acid groups (broad SMARTS) is 1. The van der Waals surface area contributed by atoms with Gasteiger partial charge in [0.05, 0.1) is 12.7 Å². The summed E-state index contributed by atoms with van der Waals surface area (Å²) in [4.78, 5) is 37.4. The fraction of sp³-hybridized carbons (Fsp3) is 0.650. The topological polar surface area (TPSA) is 86.2 Å². The summed E-state index contributed by atoms with van der Waals surface area (Å²) in [6, 6.07) is 4.20. The van der Waals surface area contributed by atoms with Gasteiger partial charge in [0.25, 0.3) is 5.91 Å². The van der Waals surface area contributed by atoms with Crippen molar-refractivity contribution in [2.75, 3.05) is 19.1 Å². The molecule has 1 aromatic heterocycles. The largest absolute Gasteiger partial charge is 0.465 e. The molecule has 0 aliphatic carbocycles. The number of hydrogen-bond donors (Lipinski definition) is 1. The van der Waals surface area contributed by atoms with Crippen LogP contribution in [-0.4, -0.2) is 69.9 Å². The summed E-state index contributed by atoms with van der Waals surface area (Å²) >= 11 is 0. The molecule has 8 nitrogen and oxygen atoms in total. The number of rotatable bonds is 4. The second-order valence-corrected chi connectivity index (χ2v) is 8.63. The molecule has 1 N–H and O–H groups in total. The predicted octanol–water partition coefficient (Wildman–Crippen LogP) is 2.99. The number of nitrogens with zero attached hydrogens (tertiary/aromatic N) is 4. The Hall–Kier alpha value is -2.35. The smallest absolute Gasteiger partial charge is 0.407 e. The molecule has 28 heavy (non-hydrogen) atoms. The highest BCUT2D eigenvalue weighted by Crippen LogP contribution is 2.41. The average Bonchev–Trinajstić information content (AvgIpc) is 2.89. The van der Waals surface area contributed by atoms with E-state index in [9.17, 15) is 14.7 Å². The molecule has 1 aromatic rings. The first-order valence-electron chi connectivity index (χ1n) is 9.72. The third-order valence-electron chi connectivity index (χ3n) is 5.82. The molecule has 2 fully saturated rings. The van der Waals surface area contributed by atoms with E-state index in [1.807, 2.05) is 26.8 Å². The molecule has 154 valence electrons. The van der Waals surface area contributed by atoms with Gasteiger partial charge in [-0.15, -0.1) is 0 Å². The summed E-state index contributed by atoms with van der Waals surface area (Å²) in [5.74, 6) is 0.603. The van der Waals surface area contributed by atoms with Crippen LogP contribution in [0.3, 0.4) is 0 Å². The van der Waals surface area contributed by atoms with Crippen molar-refractivity contribution in [1.82, 2.24) is 14.9 Å². The molecule has 2 saturated heterocycles.